The number of halogens is 3. The van der Waals surface area contributed by atoms with Gasteiger partial charge in [-0.2, -0.15) is 18.3 Å². The molecular weight excluding hydrogens is 453 g/mol. The Balaban J connectivity index is 1.54. The topological polar surface area (TPSA) is 94.8 Å². The Hall–Kier alpha value is -4.41. The lowest BCUT2D eigenvalue weighted by Crippen LogP contribution is -2.16. The first-order valence-corrected chi connectivity index (χ1v) is 9.99. The fourth-order valence-corrected chi connectivity index (χ4v) is 3.50. The lowest BCUT2D eigenvalue weighted by molar-refractivity contribution is -0.142. The summed E-state index contributed by atoms with van der Waals surface area (Å²) in [4.78, 5) is 28.5. The van der Waals surface area contributed by atoms with Crippen molar-refractivity contribution in [2.75, 3.05) is 12.1 Å². The number of nitrogens with one attached hydrogen (secondary N) is 1. The summed E-state index contributed by atoms with van der Waals surface area (Å²) >= 11 is 0. The fraction of sp³-hybridized carbons (Fsp3) is 0.130. The number of amides is 1. The number of hydrogen-bond donors (Lipinski definition) is 1. The maximum atomic E-state index is 13.8. The largest absolute Gasteiger partial charge is 0.454 e. The number of fused-ring (bicyclic) bond motifs is 2. The number of hydrogen-bond acceptors (Lipinski definition) is 6. The van der Waals surface area contributed by atoms with Crippen LogP contribution in [0, 0.1) is 0 Å². The van der Waals surface area contributed by atoms with E-state index in [1.165, 1.54) is 19.1 Å². The molecule has 11 heteroatoms. The van der Waals surface area contributed by atoms with Crippen LogP contribution in [0.25, 0.3) is 16.9 Å². The van der Waals surface area contributed by atoms with Gasteiger partial charge in [0.25, 0.3) is 5.91 Å². The summed E-state index contributed by atoms with van der Waals surface area (Å²) in [5.74, 6) is -0.0602. The van der Waals surface area contributed by atoms with Gasteiger partial charge in [0.1, 0.15) is 0 Å². The number of benzene rings is 2. The van der Waals surface area contributed by atoms with Gasteiger partial charge >= 0.3 is 6.18 Å². The number of nitrogens with zero attached hydrogens (tertiary/aromatic N) is 3. The maximum Gasteiger partial charge on any atom is 0.433 e. The van der Waals surface area contributed by atoms with Crippen molar-refractivity contribution in [2.45, 2.75) is 13.1 Å². The monoisotopic (exact) mass is 468 g/mol. The van der Waals surface area contributed by atoms with Crippen LogP contribution in [0.1, 0.15) is 33.5 Å². The van der Waals surface area contributed by atoms with Crippen molar-refractivity contribution in [3.63, 3.8) is 0 Å². The van der Waals surface area contributed by atoms with Gasteiger partial charge in [0.05, 0.1) is 5.69 Å². The zero-order valence-electron chi connectivity index (χ0n) is 17.5. The molecule has 0 spiro atoms. The molecule has 0 radical (unpaired) electrons. The second-order valence-corrected chi connectivity index (χ2v) is 7.48. The highest BCUT2D eigenvalue weighted by molar-refractivity contribution is 6.04. The molecule has 3 heterocycles. The van der Waals surface area contributed by atoms with Crippen LogP contribution in [-0.2, 0) is 6.18 Å². The van der Waals surface area contributed by atoms with Crippen molar-refractivity contribution in [1.82, 2.24) is 14.6 Å². The first-order chi connectivity index (χ1) is 16.2. The van der Waals surface area contributed by atoms with E-state index in [1.807, 2.05) is 0 Å². The minimum Gasteiger partial charge on any atom is -0.454 e. The second kappa shape index (κ2) is 7.87. The average Bonchev–Trinajstić information content (AvgIpc) is 3.44. The highest BCUT2D eigenvalue weighted by Crippen LogP contribution is 2.37. The summed E-state index contributed by atoms with van der Waals surface area (Å²) in [5, 5.41) is 6.38. The van der Waals surface area contributed by atoms with Gasteiger partial charge in [-0.3, -0.25) is 9.59 Å². The Morgan fingerprint density at radius 2 is 1.82 bits per heavy atom. The second-order valence-electron chi connectivity index (χ2n) is 7.48. The Morgan fingerprint density at radius 3 is 2.59 bits per heavy atom. The summed E-state index contributed by atoms with van der Waals surface area (Å²) < 4.78 is 52.6. The standard InChI is InChI=1S/C23H15F3N4O4/c1-12(31)13-3-2-4-15(7-13)27-22(32)17-10-21-28-16(9-20(23(24,25)26)30(21)29-17)14-5-6-18-19(8-14)34-11-33-18/h2-10H,11H2,1H3,(H,27,32). The molecule has 0 saturated heterocycles. The van der Waals surface area contributed by atoms with Gasteiger partial charge in [0.15, 0.2) is 34.3 Å². The van der Waals surface area contributed by atoms with Gasteiger partial charge in [-0.25, -0.2) is 9.50 Å². The lowest BCUT2D eigenvalue weighted by atomic mass is 10.1. The molecule has 1 amide bonds. The highest BCUT2D eigenvalue weighted by Gasteiger charge is 2.36. The number of Topliss-reactive ketones (excluding diaryl/α,β-unsaturated/α-hetero) is 1. The third-order valence-corrected chi connectivity index (χ3v) is 5.15. The van der Waals surface area contributed by atoms with E-state index in [4.69, 9.17) is 9.47 Å². The van der Waals surface area contributed by atoms with Crippen LogP contribution < -0.4 is 14.8 Å². The number of carbonyl (C=O) groups excluding carboxylic acids is 2. The van der Waals surface area contributed by atoms with E-state index in [1.54, 1.807) is 30.3 Å². The minimum atomic E-state index is -4.76. The summed E-state index contributed by atoms with van der Waals surface area (Å²) in [6, 6.07) is 12.9. The van der Waals surface area contributed by atoms with Crippen molar-refractivity contribution in [1.29, 1.82) is 0 Å². The summed E-state index contributed by atoms with van der Waals surface area (Å²) in [6.45, 7) is 1.40. The Bertz CT molecular complexity index is 1460. The number of anilines is 1. The molecule has 34 heavy (non-hydrogen) atoms. The van der Waals surface area contributed by atoms with Gasteiger partial charge in [0, 0.05) is 22.9 Å². The van der Waals surface area contributed by atoms with E-state index in [0.717, 1.165) is 12.1 Å². The van der Waals surface area contributed by atoms with Crippen molar-refractivity contribution in [2.24, 2.45) is 0 Å². The van der Waals surface area contributed by atoms with E-state index in [9.17, 15) is 22.8 Å². The Morgan fingerprint density at radius 1 is 1.03 bits per heavy atom. The number of alkyl halides is 3. The molecule has 0 saturated carbocycles. The average molecular weight is 468 g/mol. The molecule has 0 unspecified atom stereocenters. The molecule has 2 aromatic heterocycles. The highest BCUT2D eigenvalue weighted by atomic mass is 19.4. The molecule has 8 nitrogen and oxygen atoms in total. The number of carbonyl (C=O) groups is 2. The predicted molar refractivity (Wildman–Crippen MR) is 114 cm³/mol. The van der Waals surface area contributed by atoms with Crippen molar-refractivity contribution < 1.29 is 32.2 Å². The lowest BCUT2D eigenvalue weighted by Gasteiger charge is -2.11. The SMILES string of the molecule is CC(=O)c1cccc(NC(=O)c2cc3nc(-c4ccc5c(c4)OCO5)cc(C(F)(F)F)n3n2)c1. The maximum absolute atomic E-state index is 13.8. The van der Waals surface area contributed by atoms with Crippen molar-refractivity contribution in [3.05, 3.63) is 71.5 Å². The molecule has 2 aromatic carbocycles. The number of ether oxygens (including phenoxy) is 2. The van der Waals surface area contributed by atoms with Crippen molar-refractivity contribution in [3.8, 4) is 22.8 Å². The molecular formula is C23H15F3N4O4. The van der Waals surface area contributed by atoms with E-state index < -0.39 is 17.8 Å². The number of aromatic nitrogens is 3. The van der Waals surface area contributed by atoms with E-state index in [-0.39, 0.29) is 29.6 Å². The number of rotatable bonds is 4. The van der Waals surface area contributed by atoms with Gasteiger partial charge < -0.3 is 14.8 Å². The third-order valence-electron chi connectivity index (χ3n) is 5.15. The van der Waals surface area contributed by atoms with Crippen LogP contribution >= 0.6 is 0 Å². The van der Waals surface area contributed by atoms with Crippen LogP contribution in [0.3, 0.4) is 0 Å². The summed E-state index contributed by atoms with van der Waals surface area (Å²) in [5.41, 5.74) is -0.436. The zero-order valence-corrected chi connectivity index (χ0v) is 17.5. The van der Waals surface area contributed by atoms with E-state index in [2.05, 4.69) is 15.4 Å². The smallest absolute Gasteiger partial charge is 0.433 e. The molecule has 4 aromatic rings. The molecule has 0 aliphatic carbocycles. The Labute approximate surface area is 189 Å². The molecule has 1 N–H and O–H groups in total. The van der Waals surface area contributed by atoms with Crippen LogP contribution in [-0.4, -0.2) is 33.1 Å². The summed E-state index contributed by atoms with van der Waals surface area (Å²) in [7, 11) is 0. The minimum absolute atomic E-state index is 0.0233. The van der Waals surface area contributed by atoms with Crippen LogP contribution in [0.15, 0.2) is 54.6 Å². The third kappa shape index (κ3) is 3.91. The van der Waals surface area contributed by atoms with Crippen LogP contribution in [0.2, 0.25) is 0 Å². The molecule has 1 aliphatic heterocycles. The molecule has 1 aliphatic rings. The normalized spacial score (nSPS) is 12.7. The molecule has 5 rings (SSSR count). The molecule has 0 bridgehead atoms. The summed E-state index contributed by atoms with van der Waals surface area (Å²) in [6.07, 6.45) is -4.76. The first kappa shape index (κ1) is 21.4. The number of ketones is 1. The zero-order chi connectivity index (χ0) is 24.0. The van der Waals surface area contributed by atoms with Gasteiger partial charge in [-0.05, 0) is 43.3 Å². The van der Waals surface area contributed by atoms with E-state index in [0.29, 0.717) is 32.8 Å². The van der Waals surface area contributed by atoms with Gasteiger partial charge in [-0.15, -0.1) is 0 Å². The quantitative estimate of drug-likeness (QED) is 0.440. The van der Waals surface area contributed by atoms with Crippen molar-refractivity contribution >= 4 is 23.0 Å². The first-order valence-electron chi connectivity index (χ1n) is 9.99. The Kier molecular flexibility index (Phi) is 4.96. The van der Waals surface area contributed by atoms with E-state index >= 15 is 0 Å². The fourth-order valence-electron chi connectivity index (χ4n) is 3.50. The van der Waals surface area contributed by atoms with Crippen LogP contribution in [0.5, 0.6) is 11.5 Å². The van der Waals surface area contributed by atoms with Gasteiger partial charge in [-0.1, -0.05) is 12.1 Å². The molecule has 0 atom stereocenters. The predicted octanol–water partition coefficient (Wildman–Crippen LogP) is 4.60. The molecule has 172 valence electrons. The van der Waals surface area contributed by atoms with Gasteiger partial charge in [0.2, 0.25) is 6.79 Å². The molecule has 0 fully saturated rings. The van der Waals surface area contributed by atoms with Crippen LogP contribution in [0.4, 0.5) is 18.9 Å².